The Kier molecular flexibility index (Phi) is 12.8. The van der Waals surface area contributed by atoms with Gasteiger partial charge in [0.15, 0.2) is 0 Å². The molecule has 0 aliphatic carbocycles. The van der Waals surface area contributed by atoms with Crippen LogP contribution in [0.1, 0.15) is 51.6 Å². The molecule has 0 radical (unpaired) electrons. The molecule has 6 aromatic carbocycles. The molecule has 10 rings (SSSR count). The van der Waals surface area contributed by atoms with Gasteiger partial charge in [0.25, 0.3) is 0 Å². The Hall–Kier alpha value is -7.27. The molecule has 0 bridgehead atoms. The summed E-state index contributed by atoms with van der Waals surface area (Å²) < 4.78 is 18.0. The second kappa shape index (κ2) is 19.5. The van der Waals surface area contributed by atoms with Crippen molar-refractivity contribution in [1.29, 1.82) is 0 Å². The molecule has 4 heterocycles. The summed E-state index contributed by atoms with van der Waals surface area (Å²) >= 11 is 0. The lowest BCUT2D eigenvalue weighted by Crippen LogP contribution is -2.53. The van der Waals surface area contributed by atoms with Crippen molar-refractivity contribution in [3.63, 3.8) is 0 Å². The highest BCUT2D eigenvalue weighted by Crippen LogP contribution is 2.65. The van der Waals surface area contributed by atoms with E-state index in [-0.39, 0.29) is 13.2 Å². The number of anilines is 3. The lowest BCUT2D eigenvalue weighted by molar-refractivity contribution is -0.177. The number of carbonyl (C=O) groups is 3. The van der Waals surface area contributed by atoms with Crippen LogP contribution in [0.5, 0.6) is 5.75 Å². The van der Waals surface area contributed by atoms with E-state index in [1.165, 1.54) is 5.56 Å². The molecule has 3 fully saturated rings. The largest absolute Gasteiger partial charge is 0.491 e. The number of esters is 1. The summed E-state index contributed by atoms with van der Waals surface area (Å²) in [5, 5.41) is 15.9. The Morgan fingerprint density at radius 1 is 0.824 bits per heavy atom. The number of nitrogens with zero attached hydrogens (tertiary/aromatic N) is 3. The second-order valence-corrected chi connectivity index (χ2v) is 17.7. The quantitative estimate of drug-likeness (QED) is 0.0850. The van der Waals surface area contributed by atoms with Crippen LogP contribution in [0, 0.1) is 17.8 Å². The number of aliphatic hydroxyl groups is 1. The fourth-order valence-corrected chi connectivity index (χ4v) is 10.6. The number of ether oxygens (including phenoxy) is 3. The monoisotopic (exact) mass is 907 g/mol. The first kappa shape index (κ1) is 44.6. The van der Waals surface area contributed by atoms with Gasteiger partial charge in [-0.3, -0.25) is 24.2 Å². The molecule has 12 heteroatoms. The smallest absolute Gasteiger partial charge is 0.324 e. The maximum Gasteiger partial charge on any atom is 0.324 e. The van der Waals surface area contributed by atoms with Crippen LogP contribution in [-0.2, 0) is 35.8 Å². The average molecular weight is 908 g/mol. The van der Waals surface area contributed by atoms with Gasteiger partial charge in [0.2, 0.25) is 11.8 Å². The molecule has 2 amide bonds. The number of benzene rings is 6. The molecular weight excluding hydrogens is 855 g/mol. The molecule has 68 heavy (non-hydrogen) atoms. The normalized spacial score (nSPS) is 23.0. The predicted molar refractivity (Wildman–Crippen MR) is 260 cm³/mol. The molecule has 0 saturated carbocycles. The van der Waals surface area contributed by atoms with E-state index in [0.717, 1.165) is 36.4 Å². The van der Waals surface area contributed by atoms with Crippen LogP contribution < -0.4 is 20.3 Å². The van der Waals surface area contributed by atoms with Gasteiger partial charge in [-0.1, -0.05) is 115 Å². The third-order valence-electron chi connectivity index (χ3n) is 13.5. The van der Waals surface area contributed by atoms with Crippen LogP contribution >= 0.6 is 0 Å². The highest BCUT2D eigenvalue weighted by Gasteiger charge is 2.74. The Balaban J connectivity index is 1.14. The number of carbonyl (C=O) groups excluding carboxylic acids is 3. The third kappa shape index (κ3) is 8.50. The lowest BCUT2D eigenvalue weighted by atomic mass is 9.65. The second-order valence-electron chi connectivity index (χ2n) is 17.7. The van der Waals surface area contributed by atoms with Crippen LogP contribution in [0.3, 0.4) is 0 Å². The summed E-state index contributed by atoms with van der Waals surface area (Å²) in [6.45, 7) is 3.91. The Bertz CT molecular complexity index is 2810. The fraction of sp³-hybridized carbons (Fsp3) is 0.268. The molecule has 0 aromatic heterocycles. The minimum atomic E-state index is -1.70. The summed E-state index contributed by atoms with van der Waals surface area (Å²) in [6, 6.07) is 47.5. The molecule has 344 valence electrons. The Labute approximate surface area is 396 Å². The van der Waals surface area contributed by atoms with Crippen LogP contribution in [0.4, 0.5) is 17.1 Å². The van der Waals surface area contributed by atoms with Gasteiger partial charge in [-0.15, -0.1) is 0 Å². The van der Waals surface area contributed by atoms with E-state index in [1.54, 1.807) is 12.1 Å². The van der Waals surface area contributed by atoms with Crippen molar-refractivity contribution >= 4 is 34.8 Å². The lowest BCUT2D eigenvalue weighted by Gasteiger charge is -2.46. The van der Waals surface area contributed by atoms with Gasteiger partial charge in [-0.05, 0) is 89.5 Å². The maximum absolute atomic E-state index is 15.7. The van der Waals surface area contributed by atoms with E-state index >= 15 is 14.4 Å². The van der Waals surface area contributed by atoms with Gasteiger partial charge in [0.05, 0.1) is 44.4 Å². The van der Waals surface area contributed by atoms with Gasteiger partial charge in [-0.2, -0.15) is 0 Å². The Morgan fingerprint density at radius 3 is 2.19 bits per heavy atom. The van der Waals surface area contributed by atoms with Crippen molar-refractivity contribution in [2.75, 3.05) is 68.6 Å². The third-order valence-corrected chi connectivity index (χ3v) is 13.5. The fourth-order valence-electron chi connectivity index (χ4n) is 10.6. The average Bonchev–Trinajstić information content (AvgIpc) is 3.86. The van der Waals surface area contributed by atoms with E-state index in [2.05, 4.69) is 49.3 Å². The first-order chi connectivity index (χ1) is 33.3. The van der Waals surface area contributed by atoms with Crippen molar-refractivity contribution < 1.29 is 33.7 Å². The number of morpholine rings is 2. The summed E-state index contributed by atoms with van der Waals surface area (Å²) in [7, 11) is 2.02. The molecule has 6 aromatic rings. The van der Waals surface area contributed by atoms with Gasteiger partial charge in [-0.25, -0.2) is 0 Å². The Morgan fingerprint density at radius 2 is 1.50 bits per heavy atom. The molecule has 4 aliphatic rings. The van der Waals surface area contributed by atoms with Gasteiger partial charge in [0.1, 0.15) is 29.9 Å². The highest BCUT2D eigenvalue weighted by atomic mass is 16.6. The van der Waals surface area contributed by atoms with Gasteiger partial charge in [0, 0.05) is 42.3 Å². The number of rotatable bonds is 12. The van der Waals surface area contributed by atoms with Crippen LogP contribution in [0.15, 0.2) is 158 Å². The zero-order valence-electron chi connectivity index (χ0n) is 37.8. The number of aliphatic hydroxyl groups excluding tert-OH is 1. The predicted octanol–water partition coefficient (Wildman–Crippen LogP) is 7.29. The zero-order valence-corrected chi connectivity index (χ0v) is 37.8. The number of nitrogens with one attached hydrogen (secondary N) is 2. The molecule has 1 spiro atoms. The topological polar surface area (TPSA) is 133 Å². The van der Waals surface area contributed by atoms with E-state index in [1.807, 2.05) is 141 Å². The van der Waals surface area contributed by atoms with E-state index in [0.29, 0.717) is 53.6 Å². The maximum atomic E-state index is 15.7. The van der Waals surface area contributed by atoms with E-state index in [4.69, 9.17) is 14.2 Å². The zero-order chi connectivity index (χ0) is 46.6. The van der Waals surface area contributed by atoms with Crippen molar-refractivity contribution in [1.82, 2.24) is 9.80 Å². The minimum absolute atomic E-state index is 0.0961. The summed E-state index contributed by atoms with van der Waals surface area (Å²) in [5.74, 6) is 4.37. The summed E-state index contributed by atoms with van der Waals surface area (Å²) in [6.07, 6.45) is -0.808. The molecule has 3 N–H and O–H groups in total. The SMILES string of the molecule is CN(CC#Cc1ccc2c(c1)[C@]1(C(=O)N2)[C@H](c2ccc(OCCO)cc2)N2[C@H](c3ccccc3)[C@H](c3ccccc3)OC(=O)[C@H]2[C@@H]1C(=O)Nc1ccc(N2CCOCC2)cc1)Cc1ccccc1. The van der Waals surface area contributed by atoms with Crippen molar-refractivity contribution in [3.05, 3.63) is 191 Å². The summed E-state index contributed by atoms with van der Waals surface area (Å²) in [5.41, 5.74) is 5.05. The molecule has 0 unspecified atom stereocenters. The molecule has 4 aliphatic heterocycles. The first-order valence-electron chi connectivity index (χ1n) is 23.2. The first-order valence-corrected chi connectivity index (χ1v) is 23.2. The van der Waals surface area contributed by atoms with Crippen molar-refractivity contribution in [3.8, 4) is 17.6 Å². The van der Waals surface area contributed by atoms with Crippen LogP contribution in [0.25, 0.3) is 0 Å². The van der Waals surface area contributed by atoms with Gasteiger partial charge < -0.3 is 34.9 Å². The molecule has 12 nitrogen and oxygen atoms in total. The van der Waals surface area contributed by atoms with Crippen LogP contribution in [0.2, 0.25) is 0 Å². The number of hydrogen-bond donors (Lipinski definition) is 3. The molecular formula is C56H53N5O7. The molecule has 3 saturated heterocycles. The van der Waals surface area contributed by atoms with E-state index in [9.17, 15) is 5.11 Å². The number of hydrogen-bond acceptors (Lipinski definition) is 10. The number of fused-ring (bicyclic) bond motifs is 3. The van der Waals surface area contributed by atoms with Crippen LogP contribution in [-0.4, -0.2) is 91.8 Å². The standard InChI is InChI=1S/C56H53N5O7/c1-59(37-39-12-5-2-6-13-39)29-11-14-38-19-28-47-46(36-38)56(55(65)58-47)48(53(63)57-43-22-24-44(25-23-43)60-30-33-66-34-31-60)50-54(64)68-51(41-17-9-4-10-18-41)49(40-15-7-3-8-16-40)61(50)52(56)42-20-26-45(27-21-42)67-35-32-62/h2-10,12-13,15-28,36,48-52,62H,29-35,37H2,1H3,(H,57,63)(H,58,65)/t48-,49-,50-,51+,52+,56-/m1/s1. The molecule has 6 atom stereocenters. The number of cyclic esters (lactones) is 1. The number of amides is 2. The van der Waals surface area contributed by atoms with Crippen molar-refractivity contribution in [2.45, 2.75) is 36.2 Å². The van der Waals surface area contributed by atoms with Gasteiger partial charge >= 0.3 is 5.97 Å². The van der Waals surface area contributed by atoms with E-state index < -0.39 is 53.3 Å². The van der Waals surface area contributed by atoms with Crippen molar-refractivity contribution in [2.24, 2.45) is 5.92 Å². The summed E-state index contributed by atoms with van der Waals surface area (Å²) in [4.78, 5) is 53.1. The highest BCUT2D eigenvalue weighted by molar-refractivity contribution is 6.13. The minimum Gasteiger partial charge on any atom is -0.491 e.